The van der Waals surface area contributed by atoms with Crippen LogP contribution in [0.3, 0.4) is 0 Å². The summed E-state index contributed by atoms with van der Waals surface area (Å²) in [5.41, 5.74) is 2.58. The number of amides is 1. The molecular formula is C21H23N3O4S. The molecule has 0 unspecified atom stereocenters. The molecule has 0 bridgehead atoms. The van der Waals surface area contributed by atoms with E-state index in [2.05, 4.69) is 34.6 Å². The largest absolute Gasteiger partial charge is 0.407 e. The Morgan fingerprint density at radius 1 is 1.00 bits per heavy atom. The van der Waals surface area contributed by atoms with E-state index in [1.165, 1.54) is 29.8 Å². The van der Waals surface area contributed by atoms with Crippen LogP contribution in [0.15, 0.2) is 57.8 Å². The summed E-state index contributed by atoms with van der Waals surface area (Å²) in [7, 11) is -3.38. The molecule has 3 aromatic rings. The summed E-state index contributed by atoms with van der Waals surface area (Å²) >= 11 is 0. The van der Waals surface area contributed by atoms with Crippen molar-refractivity contribution in [2.45, 2.75) is 43.8 Å². The van der Waals surface area contributed by atoms with Crippen LogP contribution >= 0.6 is 0 Å². The van der Waals surface area contributed by atoms with E-state index in [0.29, 0.717) is 17.9 Å². The lowest BCUT2D eigenvalue weighted by Crippen LogP contribution is -2.15. The van der Waals surface area contributed by atoms with Gasteiger partial charge in [-0.05, 0) is 55.7 Å². The number of aromatic nitrogens is 2. The van der Waals surface area contributed by atoms with Crippen LogP contribution in [0.2, 0.25) is 0 Å². The number of anilines is 1. The monoisotopic (exact) mass is 413 g/mol. The number of hydrogen-bond acceptors (Lipinski definition) is 6. The molecule has 0 aliphatic carbocycles. The Morgan fingerprint density at radius 2 is 1.62 bits per heavy atom. The Hall–Kier alpha value is -3.00. The Kier molecular flexibility index (Phi) is 6.12. The number of carbonyl (C=O) groups excluding carboxylic acids is 1. The average molecular weight is 413 g/mol. The number of sulfone groups is 1. The predicted molar refractivity (Wildman–Crippen MR) is 110 cm³/mol. The first-order valence-corrected chi connectivity index (χ1v) is 10.9. The van der Waals surface area contributed by atoms with Gasteiger partial charge in [-0.15, -0.1) is 5.10 Å². The highest BCUT2D eigenvalue weighted by molar-refractivity contribution is 7.92. The molecule has 1 aromatic heterocycles. The fourth-order valence-corrected chi connectivity index (χ4v) is 3.74. The fraction of sp³-hybridized carbons (Fsp3) is 0.286. The summed E-state index contributed by atoms with van der Waals surface area (Å²) in [6.07, 6.45) is 1.44. The number of carbonyl (C=O) groups is 1. The van der Waals surface area contributed by atoms with Gasteiger partial charge in [-0.2, -0.15) is 0 Å². The molecule has 2 aromatic carbocycles. The zero-order chi connectivity index (χ0) is 21.0. The van der Waals surface area contributed by atoms with Crippen LogP contribution in [-0.4, -0.2) is 29.8 Å². The van der Waals surface area contributed by atoms with Crippen LogP contribution in [0.1, 0.15) is 48.1 Å². The van der Waals surface area contributed by atoms with E-state index in [-0.39, 0.29) is 10.9 Å². The van der Waals surface area contributed by atoms with Crippen LogP contribution < -0.4 is 5.32 Å². The van der Waals surface area contributed by atoms with Crippen LogP contribution in [0.25, 0.3) is 0 Å². The molecular weight excluding hydrogens is 390 g/mol. The van der Waals surface area contributed by atoms with Crippen molar-refractivity contribution in [3.63, 3.8) is 0 Å². The number of aryl methyl sites for hydroxylation is 1. The van der Waals surface area contributed by atoms with E-state index in [1.807, 2.05) is 12.1 Å². The van der Waals surface area contributed by atoms with Crippen molar-refractivity contribution < 1.29 is 17.6 Å². The Bertz CT molecular complexity index is 1090. The summed E-state index contributed by atoms with van der Waals surface area (Å²) in [6, 6.07) is 13.9. The van der Waals surface area contributed by atoms with E-state index < -0.39 is 21.0 Å². The molecule has 0 aliphatic heterocycles. The zero-order valence-corrected chi connectivity index (χ0v) is 17.4. The van der Waals surface area contributed by atoms with E-state index in [4.69, 9.17) is 4.42 Å². The molecule has 1 heterocycles. The first kappa shape index (κ1) is 20.7. The SMILES string of the molecule is CCc1ccc(Cc2nnc(NC(=O)c3ccc(S(=O)(=O)C(C)C)cc3)o2)cc1. The molecule has 3 rings (SSSR count). The van der Waals surface area contributed by atoms with Gasteiger partial charge in [-0.3, -0.25) is 10.1 Å². The van der Waals surface area contributed by atoms with Gasteiger partial charge in [0.05, 0.1) is 16.6 Å². The van der Waals surface area contributed by atoms with Crippen molar-refractivity contribution in [2.75, 3.05) is 5.32 Å². The van der Waals surface area contributed by atoms with Gasteiger partial charge in [0.15, 0.2) is 9.84 Å². The van der Waals surface area contributed by atoms with Gasteiger partial charge in [0.2, 0.25) is 5.89 Å². The lowest BCUT2D eigenvalue weighted by Gasteiger charge is -2.08. The average Bonchev–Trinajstić information content (AvgIpc) is 3.15. The molecule has 1 N–H and O–H groups in total. The topological polar surface area (TPSA) is 102 Å². The predicted octanol–water partition coefficient (Wildman–Crippen LogP) is 3.66. The van der Waals surface area contributed by atoms with E-state index in [1.54, 1.807) is 13.8 Å². The number of hydrogen-bond donors (Lipinski definition) is 1. The zero-order valence-electron chi connectivity index (χ0n) is 16.5. The van der Waals surface area contributed by atoms with Crippen LogP contribution in [-0.2, 0) is 22.7 Å². The second kappa shape index (κ2) is 8.57. The number of nitrogens with zero attached hydrogens (tertiary/aromatic N) is 2. The standard InChI is InChI=1S/C21H23N3O4S/c1-4-15-5-7-16(8-6-15)13-19-23-24-21(28-19)22-20(25)17-9-11-18(12-10-17)29(26,27)14(2)3/h5-12,14H,4,13H2,1-3H3,(H,22,24,25). The number of nitrogens with one attached hydrogen (secondary N) is 1. The van der Waals surface area contributed by atoms with Crippen LogP contribution in [0, 0.1) is 0 Å². The molecule has 0 radical (unpaired) electrons. The third-order valence-electron chi connectivity index (χ3n) is 4.54. The van der Waals surface area contributed by atoms with Gasteiger partial charge in [-0.25, -0.2) is 8.42 Å². The van der Waals surface area contributed by atoms with Gasteiger partial charge in [-0.1, -0.05) is 36.3 Å². The lowest BCUT2D eigenvalue weighted by atomic mass is 10.1. The Balaban J connectivity index is 1.65. The summed E-state index contributed by atoms with van der Waals surface area (Å²) in [6.45, 7) is 5.32. The third-order valence-corrected chi connectivity index (χ3v) is 6.71. The lowest BCUT2D eigenvalue weighted by molar-refractivity contribution is 0.102. The molecule has 0 fully saturated rings. The first-order chi connectivity index (χ1) is 13.8. The van der Waals surface area contributed by atoms with Gasteiger partial charge < -0.3 is 4.42 Å². The van der Waals surface area contributed by atoms with Crippen molar-refractivity contribution in [2.24, 2.45) is 0 Å². The molecule has 0 saturated carbocycles. The number of rotatable bonds is 7. The van der Waals surface area contributed by atoms with Crippen molar-refractivity contribution in [1.82, 2.24) is 10.2 Å². The molecule has 0 atom stereocenters. The van der Waals surface area contributed by atoms with Gasteiger partial charge in [0.25, 0.3) is 5.91 Å². The summed E-state index contributed by atoms with van der Waals surface area (Å²) in [5.74, 6) is -0.0658. The maximum absolute atomic E-state index is 12.4. The van der Waals surface area contributed by atoms with E-state index >= 15 is 0 Å². The van der Waals surface area contributed by atoms with Gasteiger partial charge in [0.1, 0.15) is 0 Å². The smallest absolute Gasteiger partial charge is 0.322 e. The molecule has 0 aliphatic rings. The molecule has 1 amide bonds. The minimum absolute atomic E-state index is 0.00550. The maximum Gasteiger partial charge on any atom is 0.322 e. The van der Waals surface area contributed by atoms with Crippen LogP contribution in [0.5, 0.6) is 0 Å². The summed E-state index contributed by atoms with van der Waals surface area (Å²) in [5, 5.41) is 9.81. The molecule has 0 saturated heterocycles. The molecule has 152 valence electrons. The maximum atomic E-state index is 12.4. The summed E-state index contributed by atoms with van der Waals surface area (Å²) < 4.78 is 29.8. The van der Waals surface area contributed by atoms with Crippen molar-refractivity contribution in [3.8, 4) is 0 Å². The Morgan fingerprint density at radius 3 is 2.21 bits per heavy atom. The first-order valence-electron chi connectivity index (χ1n) is 9.35. The van der Waals surface area contributed by atoms with Crippen molar-refractivity contribution in [1.29, 1.82) is 0 Å². The third kappa shape index (κ3) is 4.89. The second-order valence-corrected chi connectivity index (χ2v) is 9.42. The van der Waals surface area contributed by atoms with E-state index in [9.17, 15) is 13.2 Å². The minimum Gasteiger partial charge on any atom is -0.407 e. The molecule has 8 heteroatoms. The number of benzene rings is 2. The van der Waals surface area contributed by atoms with Gasteiger partial charge >= 0.3 is 6.01 Å². The quantitative estimate of drug-likeness (QED) is 0.634. The molecule has 29 heavy (non-hydrogen) atoms. The van der Waals surface area contributed by atoms with Crippen LogP contribution in [0.4, 0.5) is 6.01 Å². The fourth-order valence-electron chi connectivity index (χ4n) is 2.68. The second-order valence-electron chi connectivity index (χ2n) is 6.92. The molecule has 7 nitrogen and oxygen atoms in total. The highest BCUT2D eigenvalue weighted by atomic mass is 32.2. The van der Waals surface area contributed by atoms with E-state index in [0.717, 1.165) is 12.0 Å². The molecule has 0 spiro atoms. The Labute approximate surface area is 170 Å². The normalized spacial score (nSPS) is 11.6. The minimum atomic E-state index is -3.38. The van der Waals surface area contributed by atoms with Crippen molar-refractivity contribution in [3.05, 3.63) is 71.1 Å². The summed E-state index contributed by atoms with van der Waals surface area (Å²) in [4.78, 5) is 12.5. The van der Waals surface area contributed by atoms with Gasteiger partial charge in [0, 0.05) is 5.56 Å². The van der Waals surface area contributed by atoms with Crippen molar-refractivity contribution >= 4 is 21.8 Å². The highest BCUT2D eigenvalue weighted by Gasteiger charge is 2.20. The highest BCUT2D eigenvalue weighted by Crippen LogP contribution is 2.18.